The second-order valence-corrected chi connectivity index (χ2v) is 5.00. The zero-order valence-corrected chi connectivity index (χ0v) is 13.0. The lowest BCUT2D eigenvalue weighted by atomic mass is 10.00. The summed E-state index contributed by atoms with van der Waals surface area (Å²) >= 11 is 0. The molecule has 2 aromatic rings. The lowest BCUT2D eigenvalue weighted by Crippen LogP contribution is -2.23. The monoisotopic (exact) mass is 285 g/mol. The zero-order valence-electron chi connectivity index (χ0n) is 13.0. The number of aromatic nitrogens is 2. The Kier molecular flexibility index (Phi) is 5.69. The van der Waals surface area contributed by atoms with Crippen molar-refractivity contribution in [3.05, 3.63) is 53.6 Å². The summed E-state index contributed by atoms with van der Waals surface area (Å²) in [5.74, 6) is 0.809. The second kappa shape index (κ2) is 7.74. The Hall–Kier alpha value is -1.94. The third-order valence-corrected chi connectivity index (χ3v) is 3.23. The molecular formula is C17H23N3O. The molecule has 0 bridgehead atoms. The quantitative estimate of drug-likeness (QED) is 0.848. The summed E-state index contributed by atoms with van der Waals surface area (Å²) in [6.45, 7) is 7.75. The van der Waals surface area contributed by atoms with Crippen LogP contribution in [0.5, 0.6) is 5.75 Å². The standard InChI is InChI=1S/C17H23N3O/c1-4-7-20-17(14-6-8-19-13(3)9-14)15-10-16(21-5-2)12-18-11-15/h6,8-12,17,20H,4-5,7H2,1-3H3. The Morgan fingerprint density at radius 3 is 2.76 bits per heavy atom. The maximum atomic E-state index is 5.56. The van der Waals surface area contributed by atoms with Gasteiger partial charge in [0.15, 0.2) is 0 Å². The van der Waals surface area contributed by atoms with Gasteiger partial charge >= 0.3 is 0 Å². The van der Waals surface area contributed by atoms with Gasteiger partial charge in [-0.15, -0.1) is 0 Å². The van der Waals surface area contributed by atoms with Crippen molar-refractivity contribution in [2.75, 3.05) is 13.2 Å². The van der Waals surface area contributed by atoms with Gasteiger partial charge in [0.1, 0.15) is 5.75 Å². The third-order valence-electron chi connectivity index (χ3n) is 3.23. The highest BCUT2D eigenvalue weighted by Gasteiger charge is 2.15. The van der Waals surface area contributed by atoms with Crippen LogP contribution in [0.3, 0.4) is 0 Å². The molecule has 0 aliphatic heterocycles. The number of hydrogen-bond acceptors (Lipinski definition) is 4. The average molecular weight is 285 g/mol. The molecule has 1 atom stereocenters. The van der Waals surface area contributed by atoms with E-state index in [0.717, 1.165) is 30.0 Å². The van der Waals surface area contributed by atoms with Crippen molar-refractivity contribution in [1.82, 2.24) is 15.3 Å². The predicted octanol–water partition coefficient (Wildman–Crippen LogP) is 3.27. The van der Waals surface area contributed by atoms with Crippen LogP contribution in [0.1, 0.15) is 43.1 Å². The molecule has 2 rings (SSSR count). The van der Waals surface area contributed by atoms with E-state index >= 15 is 0 Å². The molecule has 0 saturated carbocycles. The van der Waals surface area contributed by atoms with E-state index in [1.165, 1.54) is 5.56 Å². The van der Waals surface area contributed by atoms with Crippen LogP contribution in [0, 0.1) is 6.92 Å². The Balaban J connectivity index is 2.33. The fourth-order valence-corrected chi connectivity index (χ4v) is 2.30. The molecule has 0 aliphatic rings. The molecule has 4 nitrogen and oxygen atoms in total. The molecule has 2 heterocycles. The summed E-state index contributed by atoms with van der Waals surface area (Å²) in [5, 5.41) is 3.58. The average Bonchev–Trinajstić information content (AvgIpc) is 2.49. The molecule has 0 aromatic carbocycles. The van der Waals surface area contributed by atoms with Crippen LogP contribution in [-0.4, -0.2) is 23.1 Å². The van der Waals surface area contributed by atoms with E-state index in [2.05, 4.69) is 34.3 Å². The van der Waals surface area contributed by atoms with Gasteiger partial charge in [-0.05, 0) is 56.1 Å². The lowest BCUT2D eigenvalue weighted by molar-refractivity contribution is 0.338. The molecular weight excluding hydrogens is 262 g/mol. The SMILES string of the molecule is CCCNC(c1cncc(OCC)c1)c1ccnc(C)c1. The molecule has 112 valence electrons. The van der Waals surface area contributed by atoms with E-state index in [9.17, 15) is 0 Å². The lowest BCUT2D eigenvalue weighted by Gasteiger charge is -2.20. The molecule has 1 unspecified atom stereocenters. The fourth-order valence-electron chi connectivity index (χ4n) is 2.30. The van der Waals surface area contributed by atoms with Crippen molar-refractivity contribution in [1.29, 1.82) is 0 Å². The highest BCUT2D eigenvalue weighted by atomic mass is 16.5. The first-order valence-electron chi connectivity index (χ1n) is 7.48. The number of nitrogens with zero attached hydrogens (tertiary/aromatic N) is 2. The number of nitrogens with one attached hydrogen (secondary N) is 1. The van der Waals surface area contributed by atoms with Crippen molar-refractivity contribution in [3.8, 4) is 5.75 Å². The molecule has 1 N–H and O–H groups in total. The number of rotatable bonds is 7. The van der Waals surface area contributed by atoms with Crippen LogP contribution in [-0.2, 0) is 0 Å². The predicted molar refractivity (Wildman–Crippen MR) is 84.5 cm³/mol. The minimum atomic E-state index is 0.111. The van der Waals surface area contributed by atoms with E-state index in [1.807, 2.05) is 32.3 Å². The van der Waals surface area contributed by atoms with Gasteiger partial charge in [-0.25, -0.2) is 0 Å². The zero-order chi connectivity index (χ0) is 15.1. The Morgan fingerprint density at radius 1 is 1.19 bits per heavy atom. The van der Waals surface area contributed by atoms with Gasteiger partial charge < -0.3 is 10.1 Å². The van der Waals surface area contributed by atoms with Crippen LogP contribution >= 0.6 is 0 Å². The summed E-state index contributed by atoms with van der Waals surface area (Å²) in [4.78, 5) is 8.57. The molecule has 0 radical (unpaired) electrons. The maximum Gasteiger partial charge on any atom is 0.137 e. The molecule has 0 amide bonds. The Bertz CT molecular complexity index is 571. The van der Waals surface area contributed by atoms with E-state index in [1.54, 1.807) is 6.20 Å². The summed E-state index contributed by atoms with van der Waals surface area (Å²) in [6.07, 6.45) is 6.58. The summed E-state index contributed by atoms with van der Waals surface area (Å²) < 4.78 is 5.56. The minimum Gasteiger partial charge on any atom is -0.492 e. The van der Waals surface area contributed by atoms with Gasteiger partial charge in [0.2, 0.25) is 0 Å². The van der Waals surface area contributed by atoms with Crippen LogP contribution in [0.25, 0.3) is 0 Å². The highest BCUT2D eigenvalue weighted by Crippen LogP contribution is 2.24. The van der Waals surface area contributed by atoms with Crippen LogP contribution < -0.4 is 10.1 Å². The fraction of sp³-hybridized carbons (Fsp3) is 0.412. The first-order valence-corrected chi connectivity index (χ1v) is 7.48. The molecule has 0 spiro atoms. The highest BCUT2D eigenvalue weighted by molar-refractivity contribution is 5.34. The van der Waals surface area contributed by atoms with Gasteiger partial charge in [-0.3, -0.25) is 9.97 Å². The van der Waals surface area contributed by atoms with Gasteiger partial charge in [0, 0.05) is 18.1 Å². The van der Waals surface area contributed by atoms with Crippen LogP contribution in [0.2, 0.25) is 0 Å². The third kappa shape index (κ3) is 4.26. The van der Waals surface area contributed by atoms with E-state index in [4.69, 9.17) is 4.74 Å². The van der Waals surface area contributed by atoms with E-state index < -0.39 is 0 Å². The maximum absolute atomic E-state index is 5.56. The smallest absolute Gasteiger partial charge is 0.137 e. The van der Waals surface area contributed by atoms with Crippen LogP contribution in [0.4, 0.5) is 0 Å². The van der Waals surface area contributed by atoms with Crippen molar-refractivity contribution in [2.24, 2.45) is 0 Å². The van der Waals surface area contributed by atoms with E-state index in [-0.39, 0.29) is 6.04 Å². The van der Waals surface area contributed by atoms with Crippen molar-refractivity contribution in [3.63, 3.8) is 0 Å². The first-order chi connectivity index (χ1) is 10.2. The van der Waals surface area contributed by atoms with Crippen LogP contribution in [0.15, 0.2) is 36.8 Å². The van der Waals surface area contributed by atoms with Crippen molar-refractivity contribution in [2.45, 2.75) is 33.2 Å². The molecule has 0 aliphatic carbocycles. The summed E-state index contributed by atoms with van der Waals surface area (Å²) in [7, 11) is 0. The molecule has 21 heavy (non-hydrogen) atoms. The van der Waals surface area contributed by atoms with Gasteiger partial charge in [0.25, 0.3) is 0 Å². The largest absolute Gasteiger partial charge is 0.492 e. The number of hydrogen-bond donors (Lipinski definition) is 1. The number of aryl methyl sites for hydroxylation is 1. The topological polar surface area (TPSA) is 47.0 Å². The van der Waals surface area contributed by atoms with Crippen molar-refractivity contribution < 1.29 is 4.74 Å². The van der Waals surface area contributed by atoms with Gasteiger partial charge in [-0.1, -0.05) is 6.92 Å². The summed E-state index contributed by atoms with van der Waals surface area (Å²) in [6, 6.07) is 6.33. The Labute approximate surface area is 126 Å². The van der Waals surface area contributed by atoms with Gasteiger partial charge in [-0.2, -0.15) is 0 Å². The van der Waals surface area contributed by atoms with Crippen molar-refractivity contribution >= 4 is 0 Å². The second-order valence-electron chi connectivity index (χ2n) is 5.00. The number of ether oxygens (including phenoxy) is 1. The number of pyridine rings is 2. The molecule has 4 heteroatoms. The normalized spacial score (nSPS) is 12.1. The first kappa shape index (κ1) is 15.4. The van der Waals surface area contributed by atoms with E-state index in [0.29, 0.717) is 6.61 Å². The minimum absolute atomic E-state index is 0.111. The molecule has 0 fully saturated rings. The molecule has 0 saturated heterocycles. The van der Waals surface area contributed by atoms with Gasteiger partial charge in [0.05, 0.1) is 18.8 Å². The Morgan fingerprint density at radius 2 is 2.05 bits per heavy atom. The summed E-state index contributed by atoms with van der Waals surface area (Å²) in [5.41, 5.74) is 3.33. The molecule has 2 aromatic heterocycles.